The fourth-order valence-electron chi connectivity index (χ4n) is 3.59. The summed E-state index contributed by atoms with van der Waals surface area (Å²) >= 11 is 0. The normalized spacial score (nSPS) is 20.5. The van der Waals surface area contributed by atoms with E-state index in [1.807, 2.05) is 4.90 Å². The molecular weight excluding hydrogens is 321 g/mol. The molecular formula is C19H22FN3O2. The van der Waals surface area contributed by atoms with E-state index in [-0.39, 0.29) is 17.8 Å². The third kappa shape index (κ3) is 3.79. The van der Waals surface area contributed by atoms with Crippen LogP contribution in [0.5, 0.6) is 0 Å². The summed E-state index contributed by atoms with van der Waals surface area (Å²) in [6, 6.07) is 9.73. The average molecular weight is 343 g/mol. The maximum absolute atomic E-state index is 13.1. The summed E-state index contributed by atoms with van der Waals surface area (Å²) in [6.45, 7) is 1.33. The Morgan fingerprint density at radius 2 is 2.08 bits per heavy atom. The molecule has 0 radical (unpaired) electrons. The quantitative estimate of drug-likeness (QED) is 0.872. The van der Waals surface area contributed by atoms with E-state index in [9.17, 15) is 14.3 Å². The first-order valence-corrected chi connectivity index (χ1v) is 8.38. The monoisotopic (exact) mass is 343 g/mol. The summed E-state index contributed by atoms with van der Waals surface area (Å²) in [5.74, 6) is -0.222. The number of anilines is 1. The summed E-state index contributed by atoms with van der Waals surface area (Å²) in [7, 11) is 0. The molecule has 1 aliphatic rings. The Kier molecular flexibility index (Phi) is 4.99. The molecule has 1 aliphatic heterocycles. The van der Waals surface area contributed by atoms with Gasteiger partial charge in [0.15, 0.2) is 0 Å². The van der Waals surface area contributed by atoms with Crippen molar-refractivity contribution < 1.29 is 14.3 Å². The second-order valence-electron chi connectivity index (χ2n) is 6.73. The standard InChI is InChI=1S/C19H22FN3O2/c20-15-6-4-14(5-7-15)11-19(13-24)8-2-10-23(12-19)18-16(17(21)25)3-1-9-22-18/h1,3-7,9,24H,2,8,10-13H2,(H2,21,25)/t19-/m0/s1. The van der Waals surface area contributed by atoms with Gasteiger partial charge in [0.05, 0.1) is 12.2 Å². The maximum Gasteiger partial charge on any atom is 0.252 e. The number of aliphatic hydroxyl groups excluding tert-OH is 1. The van der Waals surface area contributed by atoms with Crippen molar-refractivity contribution in [2.75, 3.05) is 24.6 Å². The van der Waals surface area contributed by atoms with Crippen molar-refractivity contribution in [1.29, 1.82) is 0 Å². The number of hydrogen-bond donors (Lipinski definition) is 2. The van der Waals surface area contributed by atoms with Crippen LogP contribution in [0.3, 0.4) is 0 Å². The van der Waals surface area contributed by atoms with E-state index >= 15 is 0 Å². The molecule has 25 heavy (non-hydrogen) atoms. The molecule has 2 aromatic rings. The molecule has 132 valence electrons. The van der Waals surface area contributed by atoms with Crippen LogP contribution in [0.2, 0.25) is 0 Å². The Morgan fingerprint density at radius 1 is 1.32 bits per heavy atom. The second-order valence-corrected chi connectivity index (χ2v) is 6.73. The number of carbonyl (C=O) groups excluding carboxylic acids is 1. The van der Waals surface area contributed by atoms with Crippen molar-refractivity contribution in [3.05, 3.63) is 59.5 Å². The topological polar surface area (TPSA) is 79.5 Å². The number of benzene rings is 1. The molecule has 0 bridgehead atoms. The van der Waals surface area contributed by atoms with Crippen LogP contribution >= 0.6 is 0 Å². The van der Waals surface area contributed by atoms with Gasteiger partial charge in [-0.1, -0.05) is 12.1 Å². The average Bonchev–Trinajstić information content (AvgIpc) is 2.64. The van der Waals surface area contributed by atoms with Crippen molar-refractivity contribution >= 4 is 11.7 Å². The van der Waals surface area contributed by atoms with E-state index in [1.165, 1.54) is 12.1 Å². The molecule has 0 saturated carbocycles. The van der Waals surface area contributed by atoms with E-state index in [1.54, 1.807) is 30.5 Å². The van der Waals surface area contributed by atoms with Crippen LogP contribution in [0, 0.1) is 11.2 Å². The van der Waals surface area contributed by atoms with E-state index < -0.39 is 5.91 Å². The van der Waals surface area contributed by atoms with Crippen LogP contribution in [0.15, 0.2) is 42.6 Å². The number of nitrogens with two attached hydrogens (primary N) is 1. The zero-order valence-electron chi connectivity index (χ0n) is 14.0. The predicted molar refractivity (Wildman–Crippen MR) is 93.8 cm³/mol. The highest BCUT2D eigenvalue weighted by molar-refractivity contribution is 5.97. The first-order valence-electron chi connectivity index (χ1n) is 8.38. The number of primary amides is 1. The lowest BCUT2D eigenvalue weighted by Crippen LogP contribution is -2.47. The third-order valence-electron chi connectivity index (χ3n) is 4.84. The van der Waals surface area contributed by atoms with Crippen molar-refractivity contribution in [1.82, 2.24) is 4.98 Å². The number of rotatable bonds is 5. The van der Waals surface area contributed by atoms with Gasteiger partial charge in [0.2, 0.25) is 0 Å². The number of aliphatic hydroxyl groups is 1. The van der Waals surface area contributed by atoms with Crippen LogP contribution < -0.4 is 10.6 Å². The number of amides is 1. The molecule has 0 unspecified atom stereocenters. The minimum atomic E-state index is -0.512. The van der Waals surface area contributed by atoms with E-state index in [4.69, 9.17) is 5.73 Å². The van der Waals surface area contributed by atoms with Gasteiger partial charge in [-0.15, -0.1) is 0 Å². The largest absolute Gasteiger partial charge is 0.396 e. The minimum absolute atomic E-state index is 0.0135. The fraction of sp³-hybridized carbons (Fsp3) is 0.368. The summed E-state index contributed by atoms with van der Waals surface area (Å²) in [6.07, 6.45) is 4.00. The van der Waals surface area contributed by atoms with Crippen LogP contribution in [0.4, 0.5) is 10.2 Å². The van der Waals surface area contributed by atoms with Gasteiger partial charge in [-0.2, -0.15) is 0 Å². The van der Waals surface area contributed by atoms with Crippen molar-refractivity contribution in [3.8, 4) is 0 Å². The van der Waals surface area contributed by atoms with Gasteiger partial charge in [-0.25, -0.2) is 9.37 Å². The molecule has 0 aliphatic carbocycles. The van der Waals surface area contributed by atoms with Crippen molar-refractivity contribution in [2.24, 2.45) is 11.1 Å². The van der Waals surface area contributed by atoms with Gasteiger partial charge in [-0.05, 0) is 49.1 Å². The molecule has 3 N–H and O–H groups in total. The highest BCUT2D eigenvalue weighted by Crippen LogP contribution is 2.35. The van der Waals surface area contributed by atoms with Crippen molar-refractivity contribution in [2.45, 2.75) is 19.3 Å². The van der Waals surface area contributed by atoms with E-state index in [0.717, 1.165) is 24.9 Å². The predicted octanol–water partition coefficient (Wildman–Crippen LogP) is 2.14. The summed E-state index contributed by atoms with van der Waals surface area (Å²) in [5, 5.41) is 10.1. The number of carbonyl (C=O) groups is 1. The number of piperidine rings is 1. The highest BCUT2D eigenvalue weighted by atomic mass is 19.1. The molecule has 6 heteroatoms. The molecule has 1 aromatic carbocycles. The Bertz CT molecular complexity index is 751. The molecule has 5 nitrogen and oxygen atoms in total. The summed E-state index contributed by atoms with van der Waals surface area (Å²) in [5.41, 5.74) is 6.48. The molecule has 0 spiro atoms. The first-order chi connectivity index (χ1) is 12.0. The summed E-state index contributed by atoms with van der Waals surface area (Å²) in [4.78, 5) is 18.0. The molecule has 2 heterocycles. The van der Waals surface area contributed by atoms with Gasteiger partial charge in [0.1, 0.15) is 11.6 Å². The molecule has 1 amide bonds. The first kappa shape index (κ1) is 17.4. The van der Waals surface area contributed by atoms with Crippen LogP contribution in [0.1, 0.15) is 28.8 Å². The maximum atomic E-state index is 13.1. The van der Waals surface area contributed by atoms with Crippen molar-refractivity contribution in [3.63, 3.8) is 0 Å². The Hall–Kier alpha value is -2.47. The molecule has 1 atom stereocenters. The lowest BCUT2D eigenvalue weighted by atomic mass is 9.75. The second kappa shape index (κ2) is 7.19. The number of halogens is 1. The van der Waals surface area contributed by atoms with Crippen LogP contribution in [0.25, 0.3) is 0 Å². The van der Waals surface area contributed by atoms with Gasteiger partial charge < -0.3 is 15.7 Å². The minimum Gasteiger partial charge on any atom is -0.396 e. The zero-order chi connectivity index (χ0) is 17.9. The fourth-order valence-corrected chi connectivity index (χ4v) is 3.59. The number of hydrogen-bond acceptors (Lipinski definition) is 4. The zero-order valence-corrected chi connectivity index (χ0v) is 14.0. The smallest absolute Gasteiger partial charge is 0.252 e. The van der Waals surface area contributed by atoms with Gasteiger partial charge in [0, 0.05) is 24.7 Å². The van der Waals surface area contributed by atoms with Gasteiger partial charge in [0.25, 0.3) is 5.91 Å². The molecule has 1 saturated heterocycles. The SMILES string of the molecule is NC(=O)c1cccnc1N1CCC[C@](CO)(Cc2ccc(F)cc2)C1. The summed E-state index contributed by atoms with van der Waals surface area (Å²) < 4.78 is 13.1. The van der Waals surface area contributed by atoms with Gasteiger partial charge in [-0.3, -0.25) is 4.79 Å². The van der Waals surface area contributed by atoms with Crippen LogP contribution in [-0.2, 0) is 6.42 Å². The third-order valence-corrected chi connectivity index (χ3v) is 4.84. The number of aromatic nitrogens is 1. The Labute approximate surface area is 146 Å². The lowest BCUT2D eigenvalue weighted by Gasteiger charge is -2.43. The number of nitrogens with zero attached hydrogens (tertiary/aromatic N) is 2. The highest BCUT2D eigenvalue weighted by Gasteiger charge is 2.36. The van der Waals surface area contributed by atoms with E-state index in [0.29, 0.717) is 24.3 Å². The molecule has 1 aromatic heterocycles. The lowest BCUT2D eigenvalue weighted by molar-refractivity contribution is 0.0994. The van der Waals surface area contributed by atoms with E-state index in [2.05, 4.69) is 4.98 Å². The van der Waals surface area contributed by atoms with Crippen LogP contribution in [-0.4, -0.2) is 35.7 Å². The molecule has 3 rings (SSSR count). The Balaban J connectivity index is 1.85. The molecule has 1 fully saturated rings. The number of pyridine rings is 1. The van der Waals surface area contributed by atoms with Gasteiger partial charge >= 0.3 is 0 Å². The Morgan fingerprint density at radius 3 is 2.76 bits per heavy atom.